The van der Waals surface area contributed by atoms with Crippen LogP contribution in [-0.2, 0) is 4.79 Å². The number of aliphatic hydroxyl groups is 1. The lowest BCUT2D eigenvalue weighted by atomic mass is 10.0. The van der Waals surface area contributed by atoms with Crippen LogP contribution >= 0.6 is 0 Å². The maximum Gasteiger partial charge on any atom is 0.236 e. The smallest absolute Gasteiger partial charge is 0.236 e. The van der Waals surface area contributed by atoms with Gasteiger partial charge >= 0.3 is 0 Å². The first-order valence-corrected chi connectivity index (χ1v) is 8.48. The fourth-order valence-electron chi connectivity index (χ4n) is 3.02. The summed E-state index contributed by atoms with van der Waals surface area (Å²) >= 11 is 0. The Balaban J connectivity index is 1.86. The van der Waals surface area contributed by atoms with E-state index in [0.29, 0.717) is 13.0 Å². The number of hydrogen-bond acceptors (Lipinski definition) is 3. The highest BCUT2D eigenvalue weighted by molar-refractivity contribution is 5.78. The van der Waals surface area contributed by atoms with E-state index in [1.807, 2.05) is 35.2 Å². The molecule has 0 spiro atoms. The molecule has 122 valence electrons. The summed E-state index contributed by atoms with van der Waals surface area (Å²) in [6.45, 7) is 2.23. The van der Waals surface area contributed by atoms with Gasteiger partial charge in [0.15, 0.2) is 0 Å². The molecule has 1 heterocycles. The molecule has 2 rings (SSSR count). The van der Waals surface area contributed by atoms with E-state index in [0.717, 1.165) is 31.5 Å². The van der Waals surface area contributed by atoms with Crippen molar-refractivity contribution in [2.45, 2.75) is 44.6 Å². The molecule has 1 unspecified atom stereocenters. The summed E-state index contributed by atoms with van der Waals surface area (Å²) in [6.07, 6.45) is 6.61. The van der Waals surface area contributed by atoms with Gasteiger partial charge in [-0.3, -0.25) is 4.79 Å². The van der Waals surface area contributed by atoms with Gasteiger partial charge < -0.3 is 15.3 Å². The molecule has 1 amide bonds. The molecule has 2 N–H and O–H groups in total. The van der Waals surface area contributed by atoms with Crippen LogP contribution in [0.15, 0.2) is 30.3 Å². The first-order chi connectivity index (χ1) is 10.8. The summed E-state index contributed by atoms with van der Waals surface area (Å²) in [7, 11) is 0. The molecule has 0 radical (unpaired) electrons. The Bertz CT molecular complexity index is 428. The number of nitrogens with zero attached hydrogens (tertiary/aromatic N) is 1. The zero-order valence-corrected chi connectivity index (χ0v) is 13.3. The average molecular weight is 304 g/mol. The van der Waals surface area contributed by atoms with E-state index < -0.39 is 0 Å². The summed E-state index contributed by atoms with van der Waals surface area (Å²) < 4.78 is 0. The lowest BCUT2D eigenvalue weighted by molar-refractivity contribution is -0.130. The maximum absolute atomic E-state index is 12.4. The molecule has 1 aromatic carbocycles. The summed E-state index contributed by atoms with van der Waals surface area (Å²) in [5, 5.41) is 12.6. The van der Waals surface area contributed by atoms with Crippen molar-refractivity contribution in [3.05, 3.63) is 35.9 Å². The number of amides is 1. The SMILES string of the molecule is O=C(CNC(CCO)c1ccccc1)N1CCCCCCC1. The fourth-order valence-corrected chi connectivity index (χ4v) is 3.02. The number of hydrogen-bond donors (Lipinski definition) is 2. The molecule has 4 nitrogen and oxygen atoms in total. The number of rotatable bonds is 6. The zero-order valence-electron chi connectivity index (χ0n) is 13.3. The minimum absolute atomic E-state index is 0.0323. The molecule has 0 aromatic heterocycles. The van der Waals surface area contributed by atoms with Crippen LogP contribution in [0.5, 0.6) is 0 Å². The van der Waals surface area contributed by atoms with Crippen LogP contribution in [0.3, 0.4) is 0 Å². The molecule has 0 bridgehead atoms. The average Bonchev–Trinajstić information content (AvgIpc) is 2.51. The highest BCUT2D eigenvalue weighted by Gasteiger charge is 2.17. The van der Waals surface area contributed by atoms with Gasteiger partial charge in [-0.2, -0.15) is 0 Å². The molecule has 0 saturated carbocycles. The molecular formula is C18H28N2O2. The monoisotopic (exact) mass is 304 g/mol. The standard InChI is InChI=1S/C18H28N2O2/c21-14-11-17(16-9-5-4-6-10-16)19-15-18(22)20-12-7-2-1-3-8-13-20/h4-6,9-10,17,19,21H,1-3,7-8,11-15H2. The van der Waals surface area contributed by atoms with Crippen molar-refractivity contribution in [3.63, 3.8) is 0 Å². The number of likely N-dealkylation sites (tertiary alicyclic amines) is 1. The van der Waals surface area contributed by atoms with E-state index in [4.69, 9.17) is 0 Å². The topological polar surface area (TPSA) is 52.6 Å². The van der Waals surface area contributed by atoms with Crippen LogP contribution in [0.25, 0.3) is 0 Å². The lowest BCUT2D eigenvalue weighted by Gasteiger charge is -2.26. The first kappa shape index (κ1) is 17.0. The Morgan fingerprint density at radius 2 is 1.73 bits per heavy atom. The summed E-state index contributed by atoms with van der Waals surface area (Å²) in [5.41, 5.74) is 1.12. The van der Waals surface area contributed by atoms with Crippen molar-refractivity contribution >= 4 is 5.91 Å². The molecule has 0 aliphatic carbocycles. The van der Waals surface area contributed by atoms with Crippen molar-refractivity contribution in [2.75, 3.05) is 26.2 Å². The normalized spacial score (nSPS) is 17.6. The van der Waals surface area contributed by atoms with Gasteiger partial charge in [0.05, 0.1) is 6.54 Å². The number of carbonyl (C=O) groups is 1. The van der Waals surface area contributed by atoms with Crippen LogP contribution in [-0.4, -0.2) is 42.2 Å². The van der Waals surface area contributed by atoms with Crippen LogP contribution < -0.4 is 5.32 Å². The number of benzene rings is 1. The summed E-state index contributed by atoms with van der Waals surface area (Å²) in [5.74, 6) is 0.181. The Hall–Kier alpha value is -1.39. The molecule has 22 heavy (non-hydrogen) atoms. The van der Waals surface area contributed by atoms with Crippen molar-refractivity contribution in [3.8, 4) is 0 Å². The largest absolute Gasteiger partial charge is 0.396 e. The van der Waals surface area contributed by atoms with E-state index in [9.17, 15) is 9.90 Å². The van der Waals surface area contributed by atoms with Gasteiger partial charge in [0.2, 0.25) is 5.91 Å². The second-order valence-electron chi connectivity index (χ2n) is 6.01. The predicted octanol–water partition coefficient (Wildman–Crippen LogP) is 2.49. The van der Waals surface area contributed by atoms with E-state index >= 15 is 0 Å². The quantitative estimate of drug-likeness (QED) is 0.849. The van der Waals surface area contributed by atoms with Gasteiger partial charge in [0, 0.05) is 25.7 Å². The van der Waals surface area contributed by atoms with Crippen LogP contribution in [0, 0.1) is 0 Å². The second kappa shape index (κ2) is 9.59. The lowest BCUT2D eigenvalue weighted by Crippen LogP contribution is -2.41. The van der Waals surface area contributed by atoms with Gasteiger partial charge in [0.1, 0.15) is 0 Å². The Morgan fingerprint density at radius 1 is 1.09 bits per heavy atom. The molecule has 1 saturated heterocycles. The predicted molar refractivity (Wildman–Crippen MR) is 88.6 cm³/mol. The third-order valence-electron chi connectivity index (χ3n) is 4.33. The molecule has 1 aromatic rings. The van der Waals surface area contributed by atoms with Gasteiger partial charge in [-0.15, -0.1) is 0 Å². The Morgan fingerprint density at radius 3 is 2.36 bits per heavy atom. The molecule has 1 aliphatic heterocycles. The number of carbonyl (C=O) groups excluding carboxylic acids is 1. The molecule has 1 atom stereocenters. The second-order valence-corrected chi connectivity index (χ2v) is 6.01. The van der Waals surface area contributed by atoms with Crippen molar-refractivity contribution < 1.29 is 9.90 Å². The summed E-state index contributed by atoms with van der Waals surface area (Å²) in [4.78, 5) is 14.4. The van der Waals surface area contributed by atoms with Crippen LogP contribution in [0.2, 0.25) is 0 Å². The van der Waals surface area contributed by atoms with Crippen molar-refractivity contribution in [1.82, 2.24) is 10.2 Å². The Labute approximate surface area is 133 Å². The van der Waals surface area contributed by atoms with Gasteiger partial charge in [-0.1, -0.05) is 49.6 Å². The van der Waals surface area contributed by atoms with Crippen molar-refractivity contribution in [1.29, 1.82) is 0 Å². The minimum Gasteiger partial charge on any atom is -0.396 e. The highest BCUT2D eigenvalue weighted by atomic mass is 16.3. The van der Waals surface area contributed by atoms with Crippen LogP contribution in [0.1, 0.15) is 50.1 Å². The first-order valence-electron chi connectivity index (χ1n) is 8.48. The van der Waals surface area contributed by atoms with Crippen LogP contribution in [0.4, 0.5) is 0 Å². The third kappa shape index (κ3) is 5.43. The zero-order chi connectivity index (χ0) is 15.6. The van der Waals surface area contributed by atoms with Gasteiger partial charge in [-0.25, -0.2) is 0 Å². The molecule has 1 fully saturated rings. The number of aliphatic hydroxyl groups excluding tert-OH is 1. The molecule has 1 aliphatic rings. The minimum atomic E-state index is 0.0323. The highest BCUT2D eigenvalue weighted by Crippen LogP contribution is 2.16. The maximum atomic E-state index is 12.4. The Kier molecular flexibility index (Phi) is 7.40. The molecule has 4 heteroatoms. The van der Waals surface area contributed by atoms with E-state index in [-0.39, 0.29) is 18.6 Å². The third-order valence-corrected chi connectivity index (χ3v) is 4.33. The fraction of sp³-hybridized carbons (Fsp3) is 0.611. The van der Waals surface area contributed by atoms with E-state index in [1.165, 1.54) is 19.3 Å². The number of nitrogens with one attached hydrogen (secondary N) is 1. The van der Waals surface area contributed by atoms with Crippen molar-refractivity contribution in [2.24, 2.45) is 0 Å². The van der Waals surface area contributed by atoms with Gasteiger partial charge in [-0.05, 0) is 24.8 Å². The molecular weight excluding hydrogens is 276 g/mol. The van der Waals surface area contributed by atoms with Gasteiger partial charge in [0.25, 0.3) is 0 Å². The van der Waals surface area contributed by atoms with E-state index in [1.54, 1.807) is 0 Å². The summed E-state index contributed by atoms with van der Waals surface area (Å²) in [6, 6.07) is 10.1. The van der Waals surface area contributed by atoms with E-state index in [2.05, 4.69) is 5.32 Å².